The summed E-state index contributed by atoms with van der Waals surface area (Å²) in [6.07, 6.45) is 2.59. The Bertz CT molecular complexity index is 1370. The lowest BCUT2D eigenvalue weighted by molar-refractivity contribution is -0.147. The molecule has 36 heavy (non-hydrogen) atoms. The molecule has 1 aliphatic carbocycles. The molecular formula is C26H21BrCl2FN3O3. The maximum absolute atomic E-state index is 15.8. The first-order valence-electron chi connectivity index (χ1n) is 11.2. The van der Waals surface area contributed by atoms with Crippen LogP contribution in [0.5, 0.6) is 0 Å². The highest BCUT2D eigenvalue weighted by atomic mass is 79.9. The predicted molar refractivity (Wildman–Crippen MR) is 137 cm³/mol. The summed E-state index contributed by atoms with van der Waals surface area (Å²) < 4.78 is 22.8. The molecule has 186 valence electrons. The van der Waals surface area contributed by atoms with Crippen LogP contribution < -0.4 is 5.73 Å². The Morgan fingerprint density at radius 3 is 2.44 bits per heavy atom. The van der Waals surface area contributed by atoms with Crippen molar-refractivity contribution in [3.63, 3.8) is 0 Å². The van der Waals surface area contributed by atoms with Crippen molar-refractivity contribution in [2.45, 2.75) is 31.5 Å². The van der Waals surface area contributed by atoms with Gasteiger partial charge < -0.3 is 10.5 Å². The van der Waals surface area contributed by atoms with Gasteiger partial charge in [-0.05, 0) is 56.2 Å². The van der Waals surface area contributed by atoms with Gasteiger partial charge >= 0.3 is 0 Å². The van der Waals surface area contributed by atoms with Crippen LogP contribution in [0.15, 0.2) is 59.2 Å². The van der Waals surface area contributed by atoms with Crippen LogP contribution >= 0.6 is 39.1 Å². The van der Waals surface area contributed by atoms with E-state index >= 15 is 4.39 Å². The molecule has 2 aliphatic rings. The van der Waals surface area contributed by atoms with Crippen molar-refractivity contribution in [3.8, 4) is 0 Å². The maximum atomic E-state index is 15.8. The van der Waals surface area contributed by atoms with E-state index in [1.807, 2.05) is 0 Å². The highest BCUT2D eigenvalue weighted by Gasteiger charge is 2.59. The van der Waals surface area contributed by atoms with Crippen molar-refractivity contribution in [2.75, 3.05) is 6.61 Å². The first-order valence-corrected chi connectivity index (χ1v) is 12.8. The van der Waals surface area contributed by atoms with Crippen LogP contribution in [-0.2, 0) is 15.3 Å². The number of nitrogens with zero attached hydrogens (tertiary/aromatic N) is 2. The Labute approximate surface area is 225 Å². The normalized spacial score (nSPS) is 20.8. The van der Waals surface area contributed by atoms with Crippen LogP contribution in [0.25, 0.3) is 0 Å². The zero-order valence-electron chi connectivity index (χ0n) is 19.1. The topological polar surface area (TPSA) is 85.5 Å². The quantitative estimate of drug-likeness (QED) is 0.365. The summed E-state index contributed by atoms with van der Waals surface area (Å²) in [6, 6.07) is 12.2. The van der Waals surface area contributed by atoms with Gasteiger partial charge in [0.1, 0.15) is 5.82 Å². The number of carbonyl (C=O) groups excluding carboxylic acids is 2. The van der Waals surface area contributed by atoms with Gasteiger partial charge in [0.05, 0.1) is 39.9 Å². The summed E-state index contributed by atoms with van der Waals surface area (Å²) in [5.41, 5.74) is 4.28. The number of rotatable bonds is 7. The lowest BCUT2D eigenvalue weighted by Gasteiger charge is -2.43. The molecule has 2 aromatic carbocycles. The molecule has 2 atom stereocenters. The summed E-state index contributed by atoms with van der Waals surface area (Å²) in [5.74, 6) is -1.58. The minimum atomic E-state index is -1.71. The molecule has 0 radical (unpaired) electrons. The van der Waals surface area contributed by atoms with Gasteiger partial charge in [0.25, 0.3) is 5.91 Å². The van der Waals surface area contributed by atoms with Gasteiger partial charge in [-0.3, -0.25) is 19.5 Å². The summed E-state index contributed by atoms with van der Waals surface area (Å²) in [4.78, 5) is 32.1. The molecule has 10 heteroatoms. The summed E-state index contributed by atoms with van der Waals surface area (Å²) in [6.45, 7) is 1.69. The van der Waals surface area contributed by atoms with E-state index in [1.165, 1.54) is 17.2 Å². The number of nitrogens with two attached hydrogens (primary N) is 1. The molecule has 1 aliphatic heterocycles. The van der Waals surface area contributed by atoms with E-state index in [4.69, 9.17) is 33.7 Å². The van der Waals surface area contributed by atoms with Crippen LogP contribution in [0.4, 0.5) is 4.39 Å². The van der Waals surface area contributed by atoms with Gasteiger partial charge in [-0.2, -0.15) is 0 Å². The fraction of sp³-hybridized carbons (Fsp3) is 0.269. The zero-order valence-corrected chi connectivity index (χ0v) is 22.2. The second-order valence-electron chi connectivity index (χ2n) is 9.15. The van der Waals surface area contributed by atoms with Gasteiger partial charge in [-0.1, -0.05) is 51.3 Å². The number of pyridine rings is 1. The van der Waals surface area contributed by atoms with Crippen LogP contribution in [0.2, 0.25) is 10.0 Å². The van der Waals surface area contributed by atoms with Gasteiger partial charge in [0, 0.05) is 21.3 Å². The summed E-state index contributed by atoms with van der Waals surface area (Å²) in [5, 5.41) is 0.902. The van der Waals surface area contributed by atoms with Crippen molar-refractivity contribution in [1.82, 2.24) is 9.88 Å². The summed E-state index contributed by atoms with van der Waals surface area (Å²) >= 11 is 15.5. The Balaban J connectivity index is 1.76. The third kappa shape index (κ3) is 4.00. The third-order valence-electron chi connectivity index (χ3n) is 6.92. The van der Waals surface area contributed by atoms with E-state index in [0.717, 1.165) is 0 Å². The molecule has 0 unspecified atom stereocenters. The van der Waals surface area contributed by atoms with E-state index in [-0.39, 0.29) is 17.7 Å². The number of benzene rings is 2. The monoisotopic (exact) mass is 591 g/mol. The van der Waals surface area contributed by atoms with Crippen molar-refractivity contribution >= 4 is 50.9 Å². The molecule has 2 heterocycles. The number of primary amides is 1. The first-order chi connectivity index (χ1) is 17.1. The van der Waals surface area contributed by atoms with E-state index in [0.29, 0.717) is 38.6 Å². The van der Waals surface area contributed by atoms with Gasteiger partial charge in [0.15, 0.2) is 0 Å². The fourth-order valence-electron chi connectivity index (χ4n) is 4.73. The molecule has 6 nitrogen and oxygen atoms in total. The van der Waals surface area contributed by atoms with Crippen LogP contribution in [0.3, 0.4) is 0 Å². The lowest BCUT2D eigenvalue weighted by Crippen LogP contribution is -2.50. The molecule has 1 aromatic heterocycles. The number of amides is 2. The molecule has 5 rings (SSSR count). The number of ether oxygens (including phenoxy) is 1. The average molecular weight is 593 g/mol. The molecule has 1 saturated carbocycles. The molecule has 2 N–H and O–H groups in total. The Kier molecular flexibility index (Phi) is 6.35. The highest BCUT2D eigenvalue weighted by Crippen LogP contribution is 2.54. The largest absolute Gasteiger partial charge is 0.369 e. The molecule has 3 aromatic rings. The second kappa shape index (κ2) is 9.10. The van der Waals surface area contributed by atoms with Gasteiger partial charge in [-0.15, -0.1) is 0 Å². The fourth-order valence-corrected chi connectivity index (χ4v) is 5.40. The third-order valence-corrected chi connectivity index (χ3v) is 7.85. The molecule has 1 fully saturated rings. The first kappa shape index (κ1) is 25.1. The van der Waals surface area contributed by atoms with Crippen molar-refractivity contribution in [3.05, 3.63) is 97.4 Å². The molecule has 2 amide bonds. The average Bonchev–Trinajstić information content (AvgIpc) is 3.59. The summed E-state index contributed by atoms with van der Waals surface area (Å²) in [7, 11) is 0. The van der Waals surface area contributed by atoms with Gasteiger partial charge in [0.2, 0.25) is 11.6 Å². The predicted octanol–water partition coefficient (Wildman–Crippen LogP) is 5.99. The lowest BCUT2D eigenvalue weighted by atomic mass is 9.91. The van der Waals surface area contributed by atoms with Crippen molar-refractivity contribution in [2.24, 2.45) is 11.1 Å². The van der Waals surface area contributed by atoms with E-state index in [9.17, 15) is 9.59 Å². The minimum Gasteiger partial charge on any atom is -0.369 e. The highest BCUT2D eigenvalue weighted by molar-refractivity contribution is 9.10. The smallest absolute Gasteiger partial charge is 0.257 e. The molecular weight excluding hydrogens is 572 g/mol. The number of hydrogen-bond donors (Lipinski definition) is 1. The number of halogens is 4. The number of hydrogen-bond acceptors (Lipinski definition) is 4. The molecule has 0 bridgehead atoms. The standard InChI is InChI=1S/C26H21BrCl2FN3O3/c1-14(21-7-6-18(29)12-32-21)33-23(34)19-10-16(27)11-20(30)22(19)26(33,15-2-4-17(28)5-3-15)36-13-25(8-9-25)24(31)35/h2-7,10-12,14H,8-9,13H2,1H3,(H2,31,35)/t14-,26+/m0/s1. The Hall–Kier alpha value is -2.52. The number of aromatic nitrogens is 1. The Morgan fingerprint density at radius 1 is 1.19 bits per heavy atom. The number of carbonyl (C=O) groups is 2. The van der Waals surface area contributed by atoms with Crippen LogP contribution in [0, 0.1) is 11.2 Å². The zero-order chi connectivity index (χ0) is 25.8. The SMILES string of the molecule is C[C@@H](c1ccc(Cl)cn1)N1C(=O)c2cc(Br)cc(F)c2[C@]1(OCC1(C(N)=O)CC1)c1ccc(Cl)cc1. The van der Waals surface area contributed by atoms with Crippen molar-refractivity contribution < 1.29 is 18.7 Å². The molecule has 0 spiro atoms. The molecule has 0 saturated heterocycles. The maximum Gasteiger partial charge on any atom is 0.257 e. The van der Waals surface area contributed by atoms with E-state index in [1.54, 1.807) is 49.4 Å². The van der Waals surface area contributed by atoms with E-state index in [2.05, 4.69) is 20.9 Å². The number of fused-ring (bicyclic) bond motifs is 1. The van der Waals surface area contributed by atoms with E-state index < -0.39 is 34.8 Å². The van der Waals surface area contributed by atoms with Crippen LogP contribution in [0.1, 0.15) is 53.0 Å². The van der Waals surface area contributed by atoms with Gasteiger partial charge in [-0.25, -0.2) is 4.39 Å². The second-order valence-corrected chi connectivity index (χ2v) is 10.9. The Morgan fingerprint density at radius 2 is 1.86 bits per heavy atom. The van der Waals surface area contributed by atoms with Crippen LogP contribution in [-0.4, -0.2) is 28.3 Å². The minimum absolute atomic E-state index is 0.0547. The van der Waals surface area contributed by atoms with Crippen molar-refractivity contribution in [1.29, 1.82) is 0 Å².